The molecule has 0 amide bonds. The molecule has 0 saturated heterocycles. The van der Waals surface area contributed by atoms with Crippen molar-refractivity contribution in [3.63, 3.8) is 0 Å². The number of ether oxygens (including phenoxy) is 1. The van der Waals surface area contributed by atoms with Crippen molar-refractivity contribution >= 4 is 17.3 Å². The third-order valence-corrected chi connectivity index (χ3v) is 3.36. The second kappa shape index (κ2) is 5.09. The molecule has 2 rings (SSSR count). The Hall–Kier alpha value is -1.69. The van der Waals surface area contributed by atoms with Gasteiger partial charge in [-0.1, -0.05) is 0 Å². The summed E-state index contributed by atoms with van der Waals surface area (Å²) in [6, 6.07) is 0.0992. The fourth-order valence-corrected chi connectivity index (χ4v) is 2.13. The van der Waals surface area contributed by atoms with Crippen molar-refractivity contribution in [1.29, 1.82) is 0 Å². The lowest BCUT2D eigenvalue weighted by Gasteiger charge is -2.10. The van der Waals surface area contributed by atoms with Gasteiger partial charge in [0.2, 0.25) is 5.95 Å². The molecule has 1 atom stereocenters. The van der Waals surface area contributed by atoms with Crippen molar-refractivity contribution in [3.05, 3.63) is 28.5 Å². The molecule has 5 nitrogen and oxygen atoms in total. The van der Waals surface area contributed by atoms with Gasteiger partial charge in [0.1, 0.15) is 5.01 Å². The second-order valence-corrected chi connectivity index (χ2v) is 4.53. The van der Waals surface area contributed by atoms with Crippen LogP contribution in [0, 0.1) is 6.92 Å². The van der Waals surface area contributed by atoms with Gasteiger partial charge in [0.15, 0.2) is 5.75 Å². The molecule has 1 unspecified atom stereocenters. The van der Waals surface area contributed by atoms with Crippen LogP contribution in [0.4, 0.5) is 5.95 Å². The minimum Gasteiger partial charge on any atom is -0.494 e. The molecular weight excluding hydrogens is 236 g/mol. The number of aryl methyl sites for hydroxylation is 1. The predicted molar refractivity (Wildman–Crippen MR) is 67.5 cm³/mol. The largest absolute Gasteiger partial charge is 0.494 e. The van der Waals surface area contributed by atoms with Crippen LogP contribution in [-0.2, 0) is 0 Å². The third kappa shape index (κ3) is 2.91. The maximum absolute atomic E-state index is 5.00. The van der Waals surface area contributed by atoms with E-state index in [4.69, 9.17) is 4.74 Å². The summed E-state index contributed by atoms with van der Waals surface area (Å²) >= 11 is 1.63. The van der Waals surface area contributed by atoms with E-state index in [0.29, 0.717) is 11.7 Å². The molecule has 90 valence electrons. The summed E-state index contributed by atoms with van der Waals surface area (Å²) in [5.41, 5.74) is 1.04. The van der Waals surface area contributed by atoms with Gasteiger partial charge in [-0.3, -0.25) is 0 Å². The Kier molecular flexibility index (Phi) is 3.53. The highest BCUT2D eigenvalue weighted by Gasteiger charge is 2.10. The van der Waals surface area contributed by atoms with Crippen LogP contribution < -0.4 is 10.1 Å². The number of methoxy groups -OCH3 is 1. The van der Waals surface area contributed by atoms with E-state index in [-0.39, 0.29) is 6.04 Å². The molecule has 0 spiro atoms. The van der Waals surface area contributed by atoms with Crippen molar-refractivity contribution in [1.82, 2.24) is 15.0 Å². The quantitative estimate of drug-likeness (QED) is 0.903. The fraction of sp³-hybridized carbons (Fsp3) is 0.364. The van der Waals surface area contributed by atoms with E-state index < -0.39 is 0 Å². The Morgan fingerprint density at radius 3 is 2.59 bits per heavy atom. The van der Waals surface area contributed by atoms with Crippen LogP contribution in [-0.4, -0.2) is 22.1 Å². The molecule has 0 aliphatic heterocycles. The zero-order valence-corrected chi connectivity index (χ0v) is 10.8. The average Bonchev–Trinajstić information content (AvgIpc) is 2.77. The minimum absolute atomic E-state index is 0.0992. The average molecular weight is 250 g/mol. The van der Waals surface area contributed by atoms with E-state index >= 15 is 0 Å². The van der Waals surface area contributed by atoms with Crippen LogP contribution in [0.3, 0.4) is 0 Å². The summed E-state index contributed by atoms with van der Waals surface area (Å²) in [7, 11) is 1.59. The van der Waals surface area contributed by atoms with Crippen molar-refractivity contribution in [3.8, 4) is 5.75 Å². The SMILES string of the molecule is COc1cnc(NC(C)c2nc(C)cs2)nc1. The third-order valence-electron chi connectivity index (χ3n) is 2.22. The van der Waals surface area contributed by atoms with Gasteiger partial charge in [0, 0.05) is 11.1 Å². The highest BCUT2D eigenvalue weighted by Crippen LogP contribution is 2.20. The van der Waals surface area contributed by atoms with Gasteiger partial charge < -0.3 is 10.1 Å². The summed E-state index contributed by atoms with van der Waals surface area (Å²) in [6.07, 6.45) is 3.27. The summed E-state index contributed by atoms with van der Waals surface area (Å²) in [6.45, 7) is 4.02. The van der Waals surface area contributed by atoms with Gasteiger partial charge in [0.05, 0.1) is 25.5 Å². The van der Waals surface area contributed by atoms with E-state index in [1.807, 2.05) is 19.2 Å². The Balaban J connectivity index is 2.04. The fourth-order valence-electron chi connectivity index (χ4n) is 1.32. The molecular formula is C11H14N4OS. The first-order chi connectivity index (χ1) is 8.19. The Morgan fingerprint density at radius 1 is 1.35 bits per heavy atom. The van der Waals surface area contributed by atoms with E-state index in [9.17, 15) is 0 Å². The van der Waals surface area contributed by atoms with Crippen LogP contribution in [0.2, 0.25) is 0 Å². The molecule has 0 bridgehead atoms. The molecule has 1 N–H and O–H groups in total. The van der Waals surface area contributed by atoms with Gasteiger partial charge in [-0.2, -0.15) is 0 Å². The number of hydrogen-bond donors (Lipinski definition) is 1. The molecule has 17 heavy (non-hydrogen) atoms. The number of aromatic nitrogens is 3. The lowest BCUT2D eigenvalue weighted by Crippen LogP contribution is -2.09. The number of hydrogen-bond acceptors (Lipinski definition) is 6. The van der Waals surface area contributed by atoms with Crippen molar-refractivity contribution in [2.24, 2.45) is 0 Å². The molecule has 0 saturated carbocycles. The summed E-state index contributed by atoms with van der Waals surface area (Å²) in [5.74, 6) is 1.22. The van der Waals surface area contributed by atoms with Crippen LogP contribution in [0.1, 0.15) is 23.7 Å². The zero-order valence-electron chi connectivity index (χ0n) is 9.97. The van der Waals surface area contributed by atoms with E-state index in [0.717, 1.165) is 10.7 Å². The smallest absolute Gasteiger partial charge is 0.223 e. The highest BCUT2D eigenvalue weighted by atomic mass is 32.1. The van der Waals surface area contributed by atoms with Gasteiger partial charge in [-0.15, -0.1) is 11.3 Å². The molecule has 2 heterocycles. The van der Waals surface area contributed by atoms with E-state index in [1.165, 1.54) is 0 Å². The lowest BCUT2D eigenvalue weighted by atomic mass is 10.3. The number of nitrogens with one attached hydrogen (secondary N) is 1. The predicted octanol–water partition coefficient (Wildman–Crippen LogP) is 2.42. The highest BCUT2D eigenvalue weighted by molar-refractivity contribution is 7.09. The lowest BCUT2D eigenvalue weighted by molar-refractivity contribution is 0.411. The molecule has 0 fully saturated rings. The monoisotopic (exact) mass is 250 g/mol. The van der Waals surface area contributed by atoms with Gasteiger partial charge >= 0.3 is 0 Å². The molecule has 2 aromatic rings. The number of thiazole rings is 1. The summed E-state index contributed by atoms with van der Waals surface area (Å²) in [4.78, 5) is 12.7. The first kappa shape index (κ1) is 11.8. The van der Waals surface area contributed by atoms with Crippen molar-refractivity contribution in [2.45, 2.75) is 19.9 Å². The number of rotatable bonds is 4. The first-order valence-electron chi connectivity index (χ1n) is 5.23. The zero-order chi connectivity index (χ0) is 12.3. The number of nitrogens with zero attached hydrogens (tertiary/aromatic N) is 3. The van der Waals surface area contributed by atoms with Crippen molar-refractivity contribution in [2.75, 3.05) is 12.4 Å². The van der Waals surface area contributed by atoms with E-state index in [2.05, 4.69) is 20.3 Å². The maximum atomic E-state index is 5.00. The standard InChI is InChI=1S/C11H14N4OS/c1-7-6-17-10(14-7)8(2)15-11-12-4-9(16-3)5-13-11/h4-6,8H,1-3H3,(H,12,13,15). The van der Waals surface area contributed by atoms with Gasteiger partial charge in [-0.25, -0.2) is 15.0 Å². The topological polar surface area (TPSA) is 59.9 Å². The van der Waals surface area contributed by atoms with Crippen molar-refractivity contribution < 1.29 is 4.74 Å². The molecule has 0 radical (unpaired) electrons. The molecule has 2 aromatic heterocycles. The van der Waals surface area contributed by atoms with Gasteiger partial charge in [0.25, 0.3) is 0 Å². The molecule has 6 heteroatoms. The minimum atomic E-state index is 0.0992. The van der Waals surface area contributed by atoms with Gasteiger partial charge in [-0.05, 0) is 13.8 Å². The maximum Gasteiger partial charge on any atom is 0.223 e. The Bertz CT molecular complexity index is 482. The Labute approximate surface area is 104 Å². The van der Waals surface area contributed by atoms with Crippen LogP contribution in [0.5, 0.6) is 5.75 Å². The first-order valence-corrected chi connectivity index (χ1v) is 6.11. The molecule has 0 aromatic carbocycles. The second-order valence-electron chi connectivity index (χ2n) is 3.64. The normalized spacial score (nSPS) is 12.2. The van der Waals surface area contributed by atoms with E-state index in [1.54, 1.807) is 30.8 Å². The van der Waals surface area contributed by atoms with Crippen LogP contribution in [0.15, 0.2) is 17.8 Å². The summed E-state index contributed by atoms with van der Waals surface area (Å²) in [5, 5.41) is 6.25. The van der Waals surface area contributed by atoms with Crippen LogP contribution >= 0.6 is 11.3 Å². The van der Waals surface area contributed by atoms with Crippen LogP contribution in [0.25, 0.3) is 0 Å². The number of anilines is 1. The molecule has 0 aliphatic rings. The Morgan fingerprint density at radius 2 is 2.06 bits per heavy atom. The summed E-state index contributed by atoms with van der Waals surface area (Å²) < 4.78 is 5.00. The molecule has 0 aliphatic carbocycles.